The van der Waals surface area contributed by atoms with Gasteiger partial charge in [-0.05, 0) is 12.5 Å². The lowest BCUT2D eigenvalue weighted by Gasteiger charge is -2.09. The van der Waals surface area contributed by atoms with Crippen molar-refractivity contribution in [1.82, 2.24) is 0 Å². The molecule has 0 radical (unpaired) electrons. The highest BCUT2D eigenvalue weighted by Crippen LogP contribution is 2.46. The first-order valence-corrected chi connectivity index (χ1v) is 4.67. The van der Waals surface area contributed by atoms with Gasteiger partial charge in [0.15, 0.2) is 6.79 Å². The maximum Gasteiger partial charge on any atom is 0.188 e. The number of benzene rings is 1. The van der Waals surface area contributed by atoms with E-state index in [-0.39, 0.29) is 12.7 Å². The van der Waals surface area contributed by atoms with Crippen LogP contribution in [0.1, 0.15) is 17.9 Å². The molecule has 0 spiro atoms. The van der Waals surface area contributed by atoms with Crippen LogP contribution in [0.4, 0.5) is 4.39 Å². The number of hydrogen-bond acceptors (Lipinski definition) is 2. The summed E-state index contributed by atoms with van der Waals surface area (Å²) in [5.41, 5.74) is 0.956. The normalized spacial score (nSPS) is 24.7. The van der Waals surface area contributed by atoms with Crippen molar-refractivity contribution in [1.29, 1.82) is 0 Å². The number of rotatable bonds is 4. The summed E-state index contributed by atoms with van der Waals surface area (Å²) < 4.78 is 23.0. The summed E-state index contributed by atoms with van der Waals surface area (Å²) in [6.07, 6.45) is -0.0739. The van der Waals surface area contributed by atoms with E-state index in [2.05, 4.69) is 0 Å². The molecule has 0 saturated heterocycles. The number of ether oxygens (including phenoxy) is 2. The Morgan fingerprint density at radius 3 is 2.79 bits per heavy atom. The van der Waals surface area contributed by atoms with Crippen LogP contribution in [0.25, 0.3) is 0 Å². The highest BCUT2D eigenvalue weighted by atomic mass is 19.1. The second kappa shape index (κ2) is 3.96. The highest BCUT2D eigenvalue weighted by Gasteiger charge is 2.40. The van der Waals surface area contributed by atoms with Crippen LogP contribution in [0, 0.1) is 0 Å². The number of hydrogen-bond donors (Lipinski definition) is 0. The number of para-hydroxylation sites is 1. The van der Waals surface area contributed by atoms with Crippen molar-refractivity contribution in [2.75, 3.05) is 13.9 Å². The molecule has 0 aliphatic heterocycles. The lowest BCUT2D eigenvalue weighted by molar-refractivity contribution is 0.0503. The van der Waals surface area contributed by atoms with Gasteiger partial charge in [-0.3, -0.25) is 0 Å². The van der Waals surface area contributed by atoms with Crippen LogP contribution in [0.2, 0.25) is 0 Å². The van der Waals surface area contributed by atoms with Crippen LogP contribution >= 0.6 is 0 Å². The van der Waals surface area contributed by atoms with Crippen molar-refractivity contribution < 1.29 is 13.9 Å². The zero-order valence-corrected chi connectivity index (χ0v) is 8.07. The molecule has 1 saturated carbocycles. The van der Waals surface area contributed by atoms with Gasteiger partial charge >= 0.3 is 0 Å². The van der Waals surface area contributed by atoms with E-state index in [0.29, 0.717) is 6.42 Å². The Balaban J connectivity index is 2.12. The first-order chi connectivity index (χ1) is 6.83. The summed E-state index contributed by atoms with van der Waals surface area (Å²) in [6.45, 7) is 0.209. The van der Waals surface area contributed by atoms with Gasteiger partial charge < -0.3 is 9.47 Å². The number of methoxy groups -OCH3 is 1. The Bertz CT molecular complexity index is 314. The van der Waals surface area contributed by atoms with Crippen LogP contribution in [-0.4, -0.2) is 20.1 Å². The van der Waals surface area contributed by atoms with Gasteiger partial charge in [-0.1, -0.05) is 18.2 Å². The largest absolute Gasteiger partial charge is 0.467 e. The smallest absolute Gasteiger partial charge is 0.188 e. The van der Waals surface area contributed by atoms with Gasteiger partial charge in [0.1, 0.15) is 11.9 Å². The third kappa shape index (κ3) is 1.87. The molecule has 1 aromatic rings. The van der Waals surface area contributed by atoms with E-state index in [1.54, 1.807) is 7.11 Å². The fourth-order valence-electron chi connectivity index (χ4n) is 1.53. The molecule has 2 nitrogen and oxygen atoms in total. The van der Waals surface area contributed by atoms with Gasteiger partial charge in [0.2, 0.25) is 0 Å². The molecule has 76 valence electrons. The van der Waals surface area contributed by atoms with Crippen molar-refractivity contribution in [3.05, 3.63) is 29.8 Å². The zero-order valence-electron chi connectivity index (χ0n) is 8.07. The minimum atomic E-state index is -0.692. The molecular formula is C11H13FO2. The quantitative estimate of drug-likeness (QED) is 0.689. The number of halogens is 1. The maximum absolute atomic E-state index is 12.9. The Hall–Kier alpha value is -1.09. The Morgan fingerprint density at radius 2 is 2.14 bits per heavy atom. The standard InChI is InChI=1S/C11H13FO2/c1-13-7-14-11-5-3-2-4-8(11)9-6-10(9)12/h2-5,9-10H,6-7H2,1H3/t9-,10+/m0/s1. The first kappa shape index (κ1) is 9.46. The second-order valence-electron chi connectivity index (χ2n) is 3.45. The van der Waals surface area contributed by atoms with Gasteiger partial charge in [-0.2, -0.15) is 0 Å². The Labute approximate surface area is 82.6 Å². The average molecular weight is 196 g/mol. The topological polar surface area (TPSA) is 18.5 Å². The summed E-state index contributed by atoms with van der Waals surface area (Å²) in [5, 5.41) is 0. The van der Waals surface area contributed by atoms with Gasteiger partial charge in [-0.15, -0.1) is 0 Å². The molecule has 2 rings (SSSR count). The van der Waals surface area contributed by atoms with Gasteiger partial charge in [-0.25, -0.2) is 4.39 Å². The Morgan fingerprint density at radius 1 is 1.43 bits per heavy atom. The van der Waals surface area contributed by atoms with E-state index in [4.69, 9.17) is 9.47 Å². The SMILES string of the molecule is COCOc1ccccc1[C@@H]1C[C@H]1F. The maximum atomic E-state index is 12.9. The third-order valence-electron chi connectivity index (χ3n) is 2.36. The van der Waals surface area contributed by atoms with E-state index in [0.717, 1.165) is 11.3 Å². The lowest BCUT2D eigenvalue weighted by Crippen LogP contribution is -2.01. The van der Waals surface area contributed by atoms with Crippen molar-refractivity contribution in [2.24, 2.45) is 0 Å². The van der Waals surface area contributed by atoms with Crippen molar-refractivity contribution in [3.63, 3.8) is 0 Å². The summed E-state index contributed by atoms with van der Waals surface area (Å²) >= 11 is 0. The monoisotopic (exact) mass is 196 g/mol. The molecular weight excluding hydrogens is 183 g/mol. The molecule has 1 fully saturated rings. The zero-order chi connectivity index (χ0) is 9.97. The molecule has 2 atom stereocenters. The van der Waals surface area contributed by atoms with E-state index in [1.807, 2.05) is 24.3 Å². The van der Waals surface area contributed by atoms with Crippen LogP contribution in [0.5, 0.6) is 5.75 Å². The fourth-order valence-corrected chi connectivity index (χ4v) is 1.53. The summed E-state index contributed by atoms with van der Waals surface area (Å²) in [7, 11) is 1.57. The van der Waals surface area contributed by atoms with E-state index < -0.39 is 6.17 Å². The average Bonchev–Trinajstić information content (AvgIpc) is 2.93. The Kier molecular flexibility index (Phi) is 2.68. The molecule has 1 aromatic carbocycles. The van der Waals surface area contributed by atoms with Gasteiger partial charge in [0.05, 0.1) is 0 Å². The molecule has 0 aromatic heterocycles. The minimum absolute atomic E-state index is 0.0306. The van der Waals surface area contributed by atoms with Gasteiger partial charge in [0.25, 0.3) is 0 Å². The summed E-state index contributed by atoms with van der Waals surface area (Å²) in [4.78, 5) is 0. The fraction of sp³-hybridized carbons (Fsp3) is 0.455. The van der Waals surface area contributed by atoms with Crippen molar-refractivity contribution in [2.45, 2.75) is 18.5 Å². The van der Waals surface area contributed by atoms with Crippen LogP contribution in [0.15, 0.2) is 24.3 Å². The lowest BCUT2D eigenvalue weighted by atomic mass is 10.1. The molecule has 0 N–H and O–H groups in total. The molecule has 0 amide bonds. The van der Waals surface area contributed by atoms with E-state index >= 15 is 0 Å². The first-order valence-electron chi connectivity index (χ1n) is 4.67. The molecule has 1 aliphatic rings. The van der Waals surface area contributed by atoms with Crippen LogP contribution in [0.3, 0.4) is 0 Å². The summed E-state index contributed by atoms with van der Waals surface area (Å²) in [5.74, 6) is 0.766. The van der Waals surface area contributed by atoms with Gasteiger partial charge in [0, 0.05) is 18.6 Å². The van der Waals surface area contributed by atoms with Crippen LogP contribution in [-0.2, 0) is 4.74 Å². The third-order valence-corrected chi connectivity index (χ3v) is 2.36. The molecule has 0 bridgehead atoms. The molecule has 0 heterocycles. The van der Waals surface area contributed by atoms with E-state index in [9.17, 15) is 4.39 Å². The summed E-state index contributed by atoms with van der Waals surface area (Å²) in [6, 6.07) is 7.54. The molecule has 14 heavy (non-hydrogen) atoms. The van der Waals surface area contributed by atoms with E-state index in [1.165, 1.54) is 0 Å². The van der Waals surface area contributed by atoms with Crippen molar-refractivity contribution >= 4 is 0 Å². The van der Waals surface area contributed by atoms with Crippen LogP contribution < -0.4 is 4.74 Å². The molecule has 0 unspecified atom stereocenters. The number of alkyl halides is 1. The van der Waals surface area contributed by atoms with Crippen molar-refractivity contribution in [3.8, 4) is 5.75 Å². The molecule has 3 heteroatoms. The minimum Gasteiger partial charge on any atom is -0.467 e. The highest BCUT2D eigenvalue weighted by molar-refractivity contribution is 5.40. The molecule has 1 aliphatic carbocycles. The second-order valence-corrected chi connectivity index (χ2v) is 3.45. The predicted octanol–water partition coefficient (Wildman–Crippen LogP) is 2.49. The predicted molar refractivity (Wildman–Crippen MR) is 51.2 cm³/mol.